The first kappa shape index (κ1) is 19.3. The Morgan fingerprint density at radius 1 is 1.14 bits per heavy atom. The van der Waals surface area contributed by atoms with Gasteiger partial charge in [0.25, 0.3) is 11.8 Å². The Morgan fingerprint density at radius 2 is 1.93 bits per heavy atom. The summed E-state index contributed by atoms with van der Waals surface area (Å²) in [6.07, 6.45) is 0.810. The summed E-state index contributed by atoms with van der Waals surface area (Å²) in [6.45, 7) is 0.978. The van der Waals surface area contributed by atoms with Gasteiger partial charge in [-0.25, -0.2) is 0 Å². The lowest BCUT2D eigenvalue weighted by Gasteiger charge is -2.18. The Hall–Kier alpha value is -3.06. The van der Waals surface area contributed by atoms with Gasteiger partial charge in [0.2, 0.25) is 0 Å². The molecule has 2 heterocycles. The van der Waals surface area contributed by atoms with Crippen molar-refractivity contribution < 1.29 is 18.7 Å². The molecular formula is C22H19BrN2O4. The average molecular weight is 455 g/mol. The minimum Gasteiger partial charge on any atom is -0.497 e. The Balaban J connectivity index is 1.48. The van der Waals surface area contributed by atoms with E-state index in [9.17, 15) is 9.59 Å². The van der Waals surface area contributed by atoms with Gasteiger partial charge in [0, 0.05) is 24.3 Å². The van der Waals surface area contributed by atoms with Crippen LogP contribution in [0.5, 0.6) is 5.75 Å². The first-order valence-electron chi connectivity index (χ1n) is 9.16. The third-order valence-corrected chi connectivity index (χ3v) is 5.30. The van der Waals surface area contributed by atoms with E-state index in [4.69, 9.17) is 9.15 Å². The lowest BCUT2D eigenvalue weighted by atomic mass is 10.1. The van der Waals surface area contributed by atoms with Crippen LogP contribution in [0.25, 0.3) is 0 Å². The lowest BCUT2D eigenvalue weighted by Crippen LogP contribution is -2.29. The van der Waals surface area contributed by atoms with Gasteiger partial charge in [0.05, 0.1) is 7.11 Å². The standard InChI is InChI=1S/C22H19BrN2O4/c1-28-17-6-4-16(5-7-17)22(27)25-11-10-15-3-2-14(12-18(15)25)13-24-21(26)19-8-9-20(23)29-19/h2-9,12H,10-11,13H2,1H3,(H,24,26). The molecule has 29 heavy (non-hydrogen) atoms. The number of methoxy groups -OCH3 is 1. The summed E-state index contributed by atoms with van der Waals surface area (Å²) < 4.78 is 10.9. The highest BCUT2D eigenvalue weighted by Gasteiger charge is 2.26. The monoisotopic (exact) mass is 454 g/mol. The molecule has 0 bridgehead atoms. The smallest absolute Gasteiger partial charge is 0.287 e. The molecule has 0 atom stereocenters. The third-order valence-electron chi connectivity index (χ3n) is 4.88. The predicted octanol–water partition coefficient (Wildman–Crippen LogP) is 4.18. The van der Waals surface area contributed by atoms with Gasteiger partial charge < -0.3 is 19.4 Å². The number of ether oxygens (including phenoxy) is 1. The molecule has 0 radical (unpaired) electrons. The molecule has 0 saturated heterocycles. The maximum absolute atomic E-state index is 13.0. The summed E-state index contributed by atoms with van der Waals surface area (Å²) >= 11 is 3.19. The molecule has 148 valence electrons. The molecule has 2 amide bonds. The quantitative estimate of drug-likeness (QED) is 0.627. The van der Waals surface area contributed by atoms with Gasteiger partial charge in [-0.1, -0.05) is 12.1 Å². The Bertz CT molecular complexity index is 1060. The molecule has 2 aromatic carbocycles. The van der Waals surface area contributed by atoms with Gasteiger partial charge in [-0.15, -0.1) is 0 Å². The number of anilines is 1. The first-order chi connectivity index (χ1) is 14.0. The molecule has 0 unspecified atom stereocenters. The summed E-state index contributed by atoms with van der Waals surface area (Å²) in [5, 5.41) is 2.84. The number of hydrogen-bond acceptors (Lipinski definition) is 4. The number of benzene rings is 2. The zero-order valence-electron chi connectivity index (χ0n) is 15.8. The van der Waals surface area contributed by atoms with E-state index in [0.29, 0.717) is 29.1 Å². The fraction of sp³-hybridized carbons (Fsp3) is 0.182. The number of hydrogen-bond donors (Lipinski definition) is 1. The predicted molar refractivity (Wildman–Crippen MR) is 112 cm³/mol. The van der Waals surface area contributed by atoms with E-state index < -0.39 is 0 Å². The first-order valence-corrected chi connectivity index (χ1v) is 9.96. The number of rotatable bonds is 5. The van der Waals surface area contributed by atoms with Crippen LogP contribution < -0.4 is 15.0 Å². The molecule has 6 nitrogen and oxygen atoms in total. The normalized spacial score (nSPS) is 12.6. The number of furan rings is 1. The number of halogens is 1. The van der Waals surface area contributed by atoms with E-state index in [0.717, 1.165) is 23.2 Å². The van der Waals surface area contributed by atoms with Crippen LogP contribution >= 0.6 is 15.9 Å². The van der Waals surface area contributed by atoms with Crippen molar-refractivity contribution in [1.29, 1.82) is 0 Å². The number of nitrogens with one attached hydrogen (secondary N) is 1. The van der Waals surface area contributed by atoms with Crippen LogP contribution in [-0.2, 0) is 13.0 Å². The highest BCUT2D eigenvalue weighted by Crippen LogP contribution is 2.30. The van der Waals surface area contributed by atoms with Crippen LogP contribution in [-0.4, -0.2) is 25.5 Å². The number of fused-ring (bicyclic) bond motifs is 1. The summed E-state index contributed by atoms with van der Waals surface area (Å²) in [7, 11) is 1.60. The largest absolute Gasteiger partial charge is 0.497 e. The van der Waals surface area contributed by atoms with Gasteiger partial charge in [-0.2, -0.15) is 0 Å². The molecule has 0 saturated carbocycles. The van der Waals surface area contributed by atoms with Gasteiger partial charge in [-0.3, -0.25) is 9.59 Å². The van der Waals surface area contributed by atoms with Crippen LogP contribution in [0.4, 0.5) is 5.69 Å². The maximum Gasteiger partial charge on any atom is 0.287 e. The second-order valence-corrected chi connectivity index (χ2v) is 7.47. The number of carbonyl (C=O) groups is 2. The topological polar surface area (TPSA) is 71.8 Å². The van der Waals surface area contributed by atoms with Crippen molar-refractivity contribution in [2.45, 2.75) is 13.0 Å². The maximum atomic E-state index is 13.0. The van der Waals surface area contributed by atoms with E-state index in [1.807, 2.05) is 18.2 Å². The number of carbonyl (C=O) groups excluding carboxylic acids is 2. The molecule has 1 aliphatic heterocycles. The highest BCUT2D eigenvalue weighted by atomic mass is 79.9. The SMILES string of the molecule is COc1ccc(C(=O)N2CCc3ccc(CNC(=O)c4ccc(Br)o4)cc32)cc1. The third kappa shape index (κ3) is 4.05. The molecule has 1 aliphatic rings. The van der Waals surface area contributed by atoms with E-state index >= 15 is 0 Å². The van der Waals surface area contributed by atoms with Crippen LogP contribution in [0, 0.1) is 0 Å². The molecule has 0 fully saturated rings. The Kier molecular flexibility index (Phi) is 5.40. The van der Waals surface area contributed by atoms with Crippen molar-refractivity contribution in [3.05, 3.63) is 81.7 Å². The van der Waals surface area contributed by atoms with Crippen molar-refractivity contribution >= 4 is 33.4 Å². The van der Waals surface area contributed by atoms with Crippen LogP contribution in [0.1, 0.15) is 32.0 Å². The number of nitrogens with zero attached hydrogens (tertiary/aromatic N) is 1. The summed E-state index contributed by atoms with van der Waals surface area (Å²) in [5.41, 5.74) is 3.54. The van der Waals surface area contributed by atoms with Crippen LogP contribution in [0.15, 0.2) is 63.7 Å². The molecule has 1 aromatic heterocycles. The zero-order valence-corrected chi connectivity index (χ0v) is 17.4. The van der Waals surface area contributed by atoms with E-state index in [1.54, 1.807) is 48.4 Å². The van der Waals surface area contributed by atoms with Crippen molar-refractivity contribution in [3.63, 3.8) is 0 Å². The molecule has 7 heteroatoms. The summed E-state index contributed by atoms with van der Waals surface area (Å²) in [5.74, 6) is 0.620. The second-order valence-electron chi connectivity index (χ2n) is 6.68. The van der Waals surface area contributed by atoms with Crippen LogP contribution in [0.2, 0.25) is 0 Å². The Morgan fingerprint density at radius 3 is 2.62 bits per heavy atom. The Labute approximate surface area is 176 Å². The van der Waals surface area contributed by atoms with Crippen molar-refractivity contribution in [2.75, 3.05) is 18.6 Å². The summed E-state index contributed by atoms with van der Waals surface area (Å²) in [6, 6.07) is 16.3. The minimum absolute atomic E-state index is 0.0481. The van der Waals surface area contributed by atoms with Gasteiger partial charge >= 0.3 is 0 Å². The molecular weight excluding hydrogens is 436 g/mol. The average Bonchev–Trinajstić information content (AvgIpc) is 3.37. The molecule has 0 spiro atoms. The lowest BCUT2D eigenvalue weighted by molar-refractivity contribution is 0.0921. The summed E-state index contributed by atoms with van der Waals surface area (Å²) in [4.78, 5) is 26.9. The minimum atomic E-state index is -0.289. The molecule has 4 rings (SSSR count). The van der Waals surface area contributed by atoms with E-state index in [1.165, 1.54) is 0 Å². The molecule has 3 aromatic rings. The number of amides is 2. The molecule has 1 N–H and O–H groups in total. The molecule has 0 aliphatic carbocycles. The van der Waals surface area contributed by atoms with E-state index in [-0.39, 0.29) is 17.6 Å². The van der Waals surface area contributed by atoms with E-state index in [2.05, 4.69) is 21.2 Å². The van der Waals surface area contributed by atoms with Crippen molar-refractivity contribution in [2.24, 2.45) is 0 Å². The van der Waals surface area contributed by atoms with Crippen LogP contribution in [0.3, 0.4) is 0 Å². The highest BCUT2D eigenvalue weighted by molar-refractivity contribution is 9.10. The fourth-order valence-electron chi connectivity index (χ4n) is 3.34. The van der Waals surface area contributed by atoms with Gasteiger partial charge in [-0.05, 0) is 75.9 Å². The van der Waals surface area contributed by atoms with Gasteiger partial charge in [0.1, 0.15) is 5.75 Å². The zero-order chi connectivity index (χ0) is 20.4. The van der Waals surface area contributed by atoms with Crippen molar-refractivity contribution in [1.82, 2.24) is 5.32 Å². The second kappa shape index (κ2) is 8.13. The van der Waals surface area contributed by atoms with Gasteiger partial charge in [0.15, 0.2) is 10.4 Å². The van der Waals surface area contributed by atoms with Crippen molar-refractivity contribution in [3.8, 4) is 5.75 Å². The fourth-order valence-corrected chi connectivity index (χ4v) is 3.65.